The molecule has 0 saturated heterocycles. The van der Waals surface area contributed by atoms with Crippen LogP contribution in [0.4, 0.5) is 22.7 Å². The maximum Gasteiger partial charge on any atom is 0.446 e. The second-order valence-corrected chi connectivity index (χ2v) is 22.1. The van der Waals surface area contributed by atoms with Crippen molar-refractivity contribution < 1.29 is 54.2 Å². The fraction of sp³-hybridized carbons (Fsp3) is 0.169. The van der Waals surface area contributed by atoms with Crippen LogP contribution in [0.15, 0.2) is 163 Å². The summed E-state index contributed by atoms with van der Waals surface area (Å²) in [6, 6.07) is 46.4. The zero-order valence-electron chi connectivity index (χ0n) is 41.7. The van der Waals surface area contributed by atoms with Gasteiger partial charge in [0.25, 0.3) is 10.1 Å². The Morgan fingerprint density at radius 3 is 1.70 bits per heavy atom. The second kappa shape index (κ2) is 20.8. The van der Waals surface area contributed by atoms with E-state index in [1.165, 1.54) is 53.6 Å². The summed E-state index contributed by atoms with van der Waals surface area (Å²) in [7, 11) is -9.26. The molecule has 0 aromatic heterocycles. The van der Waals surface area contributed by atoms with E-state index in [1.807, 2.05) is 48.5 Å². The lowest BCUT2D eigenvalue weighted by Crippen LogP contribution is -2.33. The first kappa shape index (κ1) is 52.9. The Bertz CT molecular complexity index is 3790. The Morgan fingerprint density at radius 2 is 1.13 bits per heavy atom. The van der Waals surface area contributed by atoms with Crippen LogP contribution in [-0.2, 0) is 30.9 Å². The summed E-state index contributed by atoms with van der Waals surface area (Å²) in [6.07, 6.45) is 2.05. The van der Waals surface area contributed by atoms with Crippen molar-refractivity contribution in [2.24, 2.45) is 0 Å². The molecule has 3 heterocycles. The van der Waals surface area contributed by atoms with Crippen LogP contribution in [-0.4, -0.2) is 37.0 Å². The highest BCUT2D eigenvalue weighted by molar-refractivity contribution is 7.86. The lowest BCUT2D eigenvalue weighted by atomic mass is 9.77. The molecule has 0 fully saturated rings. The molecular weight excluding hydrogens is 1060 g/mol. The standard InChI is InChI=1S/C39H40N2O4S.C20H10Cl2O8S/c1-5-25(3)29-13-7-10-16-34(29)40-27-19-21-31-36(23-27)45-37-24-28(41-35-17-11-8-14-30(35)26(4)6-2)20-22-32(37)39(31)33-15-9-12-18-38(33)46(42,43)44;21-14-6-5-13-17(18(14)22)19(24)29-20(13)11-3-1-9(23)7-15(11)28-16-8-10(2-4-12(16)20)30-31(25,26)27/h7-26,39-41H,5-6H2,1-4H3,(H,42,43,44);1-8,23H,(H,25,26,27). The van der Waals surface area contributed by atoms with Crippen LogP contribution in [0.1, 0.15) is 113 Å². The van der Waals surface area contributed by atoms with Crippen molar-refractivity contribution in [3.8, 4) is 34.5 Å². The Balaban J connectivity index is 0.000000188. The minimum atomic E-state index is -4.78. The van der Waals surface area contributed by atoms with Gasteiger partial charge in [-0.2, -0.15) is 16.8 Å². The van der Waals surface area contributed by atoms with Gasteiger partial charge in [0.2, 0.25) is 0 Å². The zero-order valence-corrected chi connectivity index (χ0v) is 44.9. The Kier molecular flexibility index (Phi) is 14.2. The van der Waals surface area contributed by atoms with Gasteiger partial charge >= 0.3 is 16.4 Å². The summed E-state index contributed by atoms with van der Waals surface area (Å²) in [5.74, 6) is 0.697. The second-order valence-electron chi connectivity index (χ2n) is 18.9. The summed E-state index contributed by atoms with van der Waals surface area (Å²) in [5.41, 5.74) is 8.10. The number of fused-ring (bicyclic) bond motifs is 8. The monoisotopic (exact) mass is 1110 g/mol. The Hall–Kier alpha value is -7.57. The van der Waals surface area contributed by atoms with Crippen LogP contribution in [0.5, 0.6) is 34.5 Å². The summed E-state index contributed by atoms with van der Waals surface area (Å²) < 4.78 is 89.4. The van der Waals surface area contributed by atoms with Gasteiger partial charge in [0.15, 0.2) is 5.60 Å². The van der Waals surface area contributed by atoms with Crippen LogP contribution >= 0.6 is 23.2 Å². The van der Waals surface area contributed by atoms with Crippen molar-refractivity contribution in [1.29, 1.82) is 0 Å². The maximum absolute atomic E-state index is 12.9. The predicted octanol–water partition coefficient (Wildman–Crippen LogP) is 15.2. The van der Waals surface area contributed by atoms with E-state index in [0.29, 0.717) is 45.6 Å². The van der Waals surface area contributed by atoms with Crippen molar-refractivity contribution in [3.05, 3.63) is 218 Å². The Morgan fingerprint density at radius 1 is 0.610 bits per heavy atom. The number of ether oxygens (including phenoxy) is 3. The molecule has 5 N–H and O–H groups in total. The number of para-hydroxylation sites is 2. The van der Waals surface area contributed by atoms with E-state index in [-0.39, 0.29) is 43.5 Å². The van der Waals surface area contributed by atoms with Gasteiger partial charge in [-0.1, -0.05) is 124 Å². The van der Waals surface area contributed by atoms with Crippen LogP contribution in [0.3, 0.4) is 0 Å². The number of benzene rings is 8. The molecule has 8 aromatic rings. The number of aromatic hydroxyl groups is 1. The quantitative estimate of drug-likeness (QED) is 0.0570. The third-order valence-electron chi connectivity index (χ3n) is 14.2. The average molecular weight is 1110 g/mol. The largest absolute Gasteiger partial charge is 0.508 e. The first-order chi connectivity index (χ1) is 36.8. The third kappa shape index (κ3) is 10.2. The first-order valence-electron chi connectivity index (χ1n) is 24.6. The molecule has 77 heavy (non-hydrogen) atoms. The molecule has 0 radical (unpaired) electrons. The number of phenols is 1. The first-order valence-corrected chi connectivity index (χ1v) is 28.1. The molecule has 18 heteroatoms. The highest BCUT2D eigenvalue weighted by atomic mass is 35.5. The number of hydrogen-bond donors (Lipinski definition) is 5. The number of halogens is 2. The van der Waals surface area contributed by atoms with Gasteiger partial charge in [-0.15, -0.1) is 0 Å². The number of nitrogens with one attached hydrogen (secondary N) is 2. The minimum Gasteiger partial charge on any atom is -0.508 e. The van der Waals surface area contributed by atoms with Gasteiger partial charge < -0.3 is 34.1 Å². The molecule has 3 atom stereocenters. The van der Waals surface area contributed by atoms with E-state index < -0.39 is 38.0 Å². The Labute approximate surface area is 455 Å². The van der Waals surface area contributed by atoms with Gasteiger partial charge in [-0.25, -0.2) is 4.79 Å². The molecule has 3 unspecified atom stereocenters. The van der Waals surface area contributed by atoms with E-state index in [9.17, 15) is 31.3 Å². The molecule has 1 spiro atoms. The summed E-state index contributed by atoms with van der Waals surface area (Å²) >= 11 is 12.4. The van der Waals surface area contributed by atoms with E-state index in [0.717, 1.165) is 46.7 Å². The molecule has 0 aliphatic carbocycles. The molecule has 0 amide bonds. The molecule has 0 saturated carbocycles. The number of phenolic OH excluding ortho intramolecular Hbond substituents is 1. The molecule has 11 rings (SSSR count). The molecule has 394 valence electrons. The van der Waals surface area contributed by atoms with Gasteiger partial charge in [0, 0.05) is 80.8 Å². The molecule has 0 bridgehead atoms. The van der Waals surface area contributed by atoms with Gasteiger partial charge in [0.05, 0.1) is 20.5 Å². The molecule has 14 nitrogen and oxygen atoms in total. The van der Waals surface area contributed by atoms with Crippen molar-refractivity contribution in [2.45, 2.75) is 68.8 Å². The fourth-order valence-electron chi connectivity index (χ4n) is 10.2. The van der Waals surface area contributed by atoms with Gasteiger partial charge in [-0.3, -0.25) is 9.11 Å². The predicted molar refractivity (Wildman–Crippen MR) is 296 cm³/mol. The van der Waals surface area contributed by atoms with Crippen LogP contribution in [0.2, 0.25) is 10.0 Å². The maximum atomic E-state index is 12.9. The number of carbonyl (C=O) groups excluding carboxylic acids is 1. The van der Waals surface area contributed by atoms with E-state index >= 15 is 0 Å². The van der Waals surface area contributed by atoms with E-state index in [4.69, 9.17) is 42.0 Å². The minimum absolute atomic E-state index is 0.0285. The number of anilines is 4. The topological polar surface area (TPSA) is 207 Å². The van der Waals surface area contributed by atoms with Crippen molar-refractivity contribution in [1.82, 2.24) is 0 Å². The lowest BCUT2D eigenvalue weighted by molar-refractivity contribution is 0.0224. The van der Waals surface area contributed by atoms with Crippen LogP contribution in [0, 0.1) is 0 Å². The summed E-state index contributed by atoms with van der Waals surface area (Å²) in [5, 5.41) is 17.3. The lowest BCUT2D eigenvalue weighted by Gasteiger charge is -2.36. The number of esters is 1. The summed E-state index contributed by atoms with van der Waals surface area (Å²) in [4.78, 5) is 12.7. The normalized spacial score (nSPS) is 16.6. The fourth-order valence-corrected chi connectivity index (χ4v) is 11.7. The van der Waals surface area contributed by atoms with Gasteiger partial charge in [-0.05, 0) is 102 Å². The van der Waals surface area contributed by atoms with Crippen LogP contribution < -0.4 is 24.3 Å². The smallest absolute Gasteiger partial charge is 0.446 e. The van der Waals surface area contributed by atoms with Crippen molar-refractivity contribution in [3.63, 3.8) is 0 Å². The summed E-state index contributed by atoms with van der Waals surface area (Å²) in [6.45, 7) is 8.81. The zero-order chi connectivity index (χ0) is 54.6. The third-order valence-corrected chi connectivity index (χ3v) is 16.3. The van der Waals surface area contributed by atoms with Crippen molar-refractivity contribution in [2.75, 3.05) is 10.6 Å². The van der Waals surface area contributed by atoms with E-state index in [1.54, 1.807) is 30.3 Å². The van der Waals surface area contributed by atoms with Crippen molar-refractivity contribution >= 4 is 72.4 Å². The molecular formula is C59H50Cl2N2O12S2. The number of rotatable bonds is 12. The molecule has 3 aliphatic heterocycles. The molecule has 3 aliphatic rings. The van der Waals surface area contributed by atoms with Gasteiger partial charge in [0.1, 0.15) is 34.5 Å². The number of hydrogen-bond acceptors (Lipinski definition) is 12. The average Bonchev–Trinajstić information content (AvgIpc) is 4.00. The van der Waals surface area contributed by atoms with E-state index in [2.05, 4.69) is 78.9 Å². The SMILES string of the molecule is CCC(C)c1ccccc1Nc1ccc2c(c1)Oc1cc(Nc3ccccc3C(C)CC)ccc1C2c1ccccc1S(=O)(=O)O.O=C1OC2(c3ccc(O)cc3Oc3cc(OS(=O)(=O)O)ccc32)c2ccc(Cl)c(Cl)c21. The highest BCUT2D eigenvalue weighted by Crippen LogP contribution is 2.58. The molecule has 8 aromatic carbocycles. The highest BCUT2D eigenvalue weighted by Gasteiger charge is 2.54. The number of carbonyl (C=O) groups is 1. The van der Waals surface area contributed by atoms with Crippen LogP contribution in [0.25, 0.3) is 0 Å².